The molecular formula is C21H27N3O2. The van der Waals surface area contributed by atoms with Crippen molar-refractivity contribution in [2.75, 3.05) is 22.5 Å². The highest BCUT2D eigenvalue weighted by Gasteiger charge is 2.07. The van der Waals surface area contributed by atoms with E-state index < -0.39 is 0 Å². The first-order chi connectivity index (χ1) is 12.3. The number of anilines is 3. The molecular weight excluding hydrogens is 326 g/mol. The fourth-order valence-corrected chi connectivity index (χ4v) is 2.53. The van der Waals surface area contributed by atoms with Crippen LogP contribution in [-0.2, 0) is 9.59 Å². The molecule has 5 heteroatoms. The Kier molecular flexibility index (Phi) is 6.78. The van der Waals surface area contributed by atoms with Crippen molar-refractivity contribution < 1.29 is 9.59 Å². The lowest BCUT2D eigenvalue weighted by molar-refractivity contribution is -0.117. The number of hydrogen-bond acceptors (Lipinski definition) is 3. The zero-order valence-corrected chi connectivity index (χ0v) is 15.8. The minimum atomic E-state index is -0.123. The average molecular weight is 353 g/mol. The van der Waals surface area contributed by atoms with E-state index in [2.05, 4.69) is 16.0 Å². The number of nitrogens with one attached hydrogen (secondary N) is 3. The molecule has 0 aliphatic rings. The molecule has 2 amide bonds. The second-order valence-corrected chi connectivity index (χ2v) is 6.94. The van der Waals surface area contributed by atoms with Gasteiger partial charge in [0.05, 0.1) is 6.54 Å². The Morgan fingerprint density at radius 1 is 0.885 bits per heavy atom. The summed E-state index contributed by atoms with van der Waals surface area (Å²) in [6.45, 7) is 8.23. The van der Waals surface area contributed by atoms with Crippen molar-refractivity contribution in [1.29, 1.82) is 0 Å². The topological polar surface area (TPSA) is 70.2 Å². The summed E-state index contributed by atoms with van der Waals surface area (Å²) in [6.07, 6.45) is 0.489. The molecule has 0 unspecified atom stereocenters. The van der Waals surface area contributed by atoms with Crippen LogP contribution in [0.1, 0.15) is 31.4 Å². The van der Waals surface area contributed by atoms with Crippen LogP contribution >= 0.6 is 0 Å². The molecule has 0 aromatic heterocycles. The molecule has 0 aliphatic heterocycles. The summed E-state index contributed by atoms with van der Waals surface area (Å²) < 4.78 is 0. The smallest absolute Gasteiger partial charge is 0.243 e. The second-order valence-electron chi connectivity index (χ2n) is 6.94. The van der Waals surface area contributed by atoms with E-state index >= 15 is 0 Å². The number of amides is 2. The summed E-state index contributed by atoms with van der Waals surface area (Å²) >= 11 is 0. The molecule has 0 saturated carbocycles. The number of carbonyl (C=O) groups excluding carboxylic acids is 2. The predicted octanol–water partition coefficient (Wildman–Crippen LogP) is 4.34. The summed E-state index contributed by atoms with van der Waals surface area (Å²) in [4.78, 5) is 23.9. The molecule has 0 radical (unpaired) electrons. The summed E-state index contributed by atoms with van der Waals surface area (Å²) in [6, 6.07) is 13.2. The number of aryl methyl sites for hydroxylation is 2. The minimum Gasteiger partial charge on any atom is -0.376 e. The monoisotopic (exact) mass is 353 g/mol. The van der Waals surface area contributed by atoms with Gasteiger partial charge in [0.2, 0.25) is 11.8 Å². The van der Waals surface area contributed by atoms with Crippen LogP contribution in [0.3, 0.4) is 0 Å². The third-order valence-electron chi connectivity index (χ3n) is 3.88. The zero-order chi connectivity index (χ0) is 19.1. The van der Waals surface area contributed by atoms with Crippen molar-refractivity contribution in [3.8, 4) is 0 Å². The molecule has 5 nitrogen and oxygen atoms in total. The number of carbonyl (C=O) groups is 2. The lowest BCUT2D eigenvalue weighted by Gasteiger charge is -2.11. The summed E-state index contributed by atoms with van der Waals surface area (Å²) in [5.41, 5.74) is 4.63. The van der Waals surface area contributed by atoms with Crippen molar-refractivity contribution in [3.05, 3.63) is 53.6 Å². The molecule has 0 spiro atoms. The SMILES string of the molecule is Cc1ccc(C)c(NCC(=O)Nc2ccc(NC(=O)CC(C)C)cc2)c1. The van der Waals surface area contributed by atoms with Crippen molar-refractivity contribution in [2.45, 2.75) is 34.1 Å². The first kappa shape index (κ1) is 19.5. The number of rotatable bonds is 7. The summed E-state index contributed by atoms with van der Waals surface area (Å²) in [7, 11) is 0. The van der Waals surface area contributed by atoms with E-state index in [9.17, 15) is 9.59 Å². The lowest BCUT2D eigenvalue weighted by atomic mass is 10.1. The highest BCUT2D eigenvalue weighted by Crippen LogP contribution is 2.17. The van der Waals surface area contributed by atoms with E-state index in [1.54, 1.807) is 24.3 Å². The fraction of sp³-hybridized carbons (Fsp3) is 0.333. The zero-order valence-electron chi connectivity index (χ0n) is 15.8. The molecule has 0 heterocycles. The lowest BCUT2D eigenvalue weighted by Crippen LogP contribution is -2.22. The normalized spacial score (nSPS) is 10.5. The Morgan fingerprint density at radius 3 is 2.04 bits per heavy atom. The van der Waals surface area contributed by atoms with E-state index in [1.807, 2.05) is 45.9 Å². The highest BCUT2D eigenvalue weighted by molar-refractivity contribution is 5.95. The predicted molar refractivity (Wildman–Crippen MR) is 108 cm³/mol. The van der Waals surface area contributed by atoms with Gasteiger partial charge >= 0.3 is 0 Å². The Hall–Kier alpha value is -2.82. The fourth-order valence-electron chi connectivity index (χ4n) is 2.53. The largest absolute Gasteiger partial charge is 0.376 e. The molecule has 3 N–H and O–H groups in total. The van der Waals surface area contributed by atoms with Gasteiger partial charge in [-0.25, -0.2) is 0 Å². The van der Waals surface area contributed by atoms with Gasteiger partial charge in [-0.05, 0) is 61.2 Å². The van der Waals surface area contributed by atoms with Gasteiger partial charge in [0.1, 0.15) is 0 Å². The Bertz CT molecular complexity index is 767. The Balaban J connectivity index is 1.85. The summed E-state index contributed by atoms with van der Waals surface area (Å²) in [5.74, 6) is 0.190. The van der Waals surface area contributed by atoms with Crippen LogP contribution in [0.15, 0.2) is 42.5 Å². The van der Waals surface area contributed by atoms with Crippen LogP contribution in [0.2, 0.25) is 0 Å². The van der Waals surface area contributed by atoms with Crippen LogP contribution in [0.5, 0.6) is 0 Å². The molecule has 26 heavy (non-hydrogen) atoms. The molecule has 0 atom stereocenters. The summed E-state index contributed by atoms with van der Waals surface area (Å²) in [5, 5.41) is 8.85. The molecule has 2 rings (SSSR count). The Labute approximate surface area is 155 Å². The first-order valence-electron chi connectivity index (χ1n) is 8.84. The van der Waals surface area contributed by atoms with Crippen molar-refractivity contribution in [1.82, 2.24) is 0 Å². The van der Waals surface area contributed by atoms with Crippen LogP contribution in [0.4, 0.5) is 17.1 Å². The molecule has 0 aliphatic carbocycles. The van der Waals surface area contributed by atoms with Crippen molar-refractivity contribution >= 4 is 28.9 Å². The van der Waals surface area contributed by atoms with Crippen LogP contribution in [-0.4, -0.2) is 18.4 Å². The van der Waals surface area contributed by atoms with Crippen LogP contribution < -0.4 is 16.0 Å². The van der Waals surface area contributed by atoms with Gasteiger partial charge in [-0.3, -0.25) is 9.59 Å². The van der Waals surface area contributed by atoms with Gasteiger partial charge in [-0.2, -0.15) is 0 Å². The van der Waals surface area contributed by atoms with Crippen molar-refractivity contribution in [3.63, 3.8) is 0 Å². The number of hydrogen-bond donors (Lipinski definition) is 3. The van der Waals surface area contributed by atoms with E-state index in [-0.39, 0.29) is 18.4 Å². The molecule has 138 valence electrons. The quantitative estimate of drug-likeness (QED) is 0.693. The van der Waals surface area contributed by atoms with Gasteiger partial charge in [-0.15, -0.1) is 0 Å². The van der Waals surface area contributed by atoms with E-state index in [4.69, 9.17) is 0 Å². The van der Waals surface area contributed by atoms with Gasteiger partial charge < -0.3 is 16.0 Å². The number of benzene rings is 2. The van der Waals surface area contributed by atoms with E-state index in [1.165, 1.54) is 0 Å². The van der Waals surface area contributed by atoms with Crippen molar-refractivity contribution in [2.24, 2.45) is 5.92 Å². The maximum Gasteiger partial charge on any atom is 0.243 e. The van der Waals surface area contributed by atoms with Gasteiger partial charge in [-0.1, -0.05) is 26.0 Å². The van der Waals surface area contributed by atoms with Crippen LogP contribution in [0.25, 0.3) is 0 Å². The minimum absolute atomic E-state index is 0.00508. The molecule has 0 bridgehead atoms. The van der Waals surface area contributed by atoms with Gasteiger partial charge in [0.25, 0.3) is 0 Å². The molecule has 0 fully saturated rings. The van der Waals surface area contributed by atoms with Crippen LogP contribution in [0, 0.1) is 19.8 Å². The highest BCUT2D eigenvalue weighted by atomic mass is 16.2. The first-order valence-corrected chi connectivity index (χ1v) is 8.84. The Morgan fingerprint density at radius 2 is 1.46 bits per heavy atom. The molecule has 2 aromatic carbocycles. The van der Waals surface area contributed by atoms with Gasteiger partial charge in [0, 0.05) is 23.5 Å². The standard InChI is InChI=1S/C21H27N3O2/c1-14(2)11-20(25)23-17-7-9-18(10-8-17)24-21(26)13-22-19-12-15(3)5-6-16(19)4/h5-10,12,14,22H,11,13H2,1-4H3,(H,23,25)(H,24,26). The van der Waals surface area contributed by atoms with E-state index in [0.717, 1.165) is 22.5 Å². The molecule has 0 saturated heterocycles. The maximum atomic E-state index is 12.1. The molecule has 2 aromatic rings. The average Bonchev–Trinajstić information content (AvgIpc) is 2.56. The third-order valence-corrected chi connectivity index (χ3v) is 3.88. The maximum absolute atomic E-state index is 12.1. The third kappa shape index (κ3) is 6.24. The van der Waals surface area contributed by atoms with Gasteiger partial charge in [0.15, 0.2) is 0 Å². The second kappa shape index (κ2) is 9.04. The van der Waals surface area contributed by atoms with E-state index in [0.29, 0.717) is 18.0 Å².